The largest absolute Gasteiger partial charge is 0.461 e. The molecule has 0 unspecified atom stereocenters. The van der Waals surface area contributed by atoms with Crippen LogP contribution in [0.3, 0.4) is 0 Å². The van der Waals surface area contributed by atoms with Crippen molar-refractivity contribution >= 4 is 17.7 Å². The van der Waals surface area contributed by atoms with E-state index in [1.165, 1.54) is 10.7 Å². The lowest BCUT2D eigenvalue weighted by Crippen LogP contribution is -2.22. The first-order valence-electron chi connectivity index (χ1n) is 8.72. The molecular formula is C20H20FN3O4. The van der Waals surface area contributed by atoms with Crippen molar-refractivity contribution in [3.8, 4) is 11.3 Å². The van der Waals surface area contributed by atoms with Crippen LogP contribution in [0.15, 0.2) is 46.9 Å². The SMILES string of the molecule is Cc1cc(NC(=O)COC(=O)CCc2ccc(-c3ccccc3F)o2)n(C)n1. The molecule has 1 amide bonds. The van der Waals surface area contributed by atoms with E-state index in [4.69, 9.17) is 9.15 Å². The van der Waals surface area contributed by atoms with Gasteiger partial charge >= 0.3 is 5.97 Å². The fourth-order valence-electron chi connectivity index (χ4n) is 2.67. The molecule has 0 saturated carbocycles. The third kappa shape index (κ3) is 4.85. The Hall–Kier alpha value is -3.42. The van der Waals surface area contributed by atoms with E-state index in [-0.39, 0.29) is 25.3 Å². The number of ether oxygens (including phenoxy) is 1. The van der Waals surface area contributed by atoms with E-state index in [1.54, 1.807) is 43.4 Å². The highest BCUT2D eigenvalue weighted by Crippen LogP contribution is 2.25. The molecule has 0 spiro atoms. The molecule has 0 atom stereocenters. The van der Waals surface area contributed by atoms with Crippen LogP contribution in [-0.2, 0) is 27.8 Å². The van der Waals surface area contributed by atoms with Crippen LogP contribution in [-0.4, -0.2) is 28.3 Å². The highest BCUT2D eigenvalue weighted by atomic mass is 19.1. The van der Waals surface area contributed by atoms with Gasteiger partial charge in [-0.15, -0.1) is 0 Å². The Morgan fingerprint density at radius 3 is 2.75 bits per heavy atom. The van der Waals surface area contributed by atoms with Crippen molar-refractivity contribution in [2.75, 3.05) is 11.9 Å². The van der Waals surface area contributed by atoms with Gasteiger partial charge in [0.15, 0.2) is 6.61 Å². The van der Waals surface area contributed by atoms with Crippen LogP contribution in [0.5, 0.6) is 0 Å². The normalized spacial score (nSPS) is 10.7. The minimum Gasteiger partial charge on any atom is -0.461 e. The highest BCUT2D eigenvalue weighted by molar-refractivity contribution is 5.92. The summed E-state index contributed by atoms with van der Waals surface area (Å²) < 4.78 is 25.9. The first kappa shape index (κ1) is 19.3. The van der Waals surface area contributed by atoms with Crippen LogP contribution in [0.1, 0.15) is 17.9 Å². The molecule has 1 aromatic carbocycles. The number of carbonyl (C=O) groups is 2. The van der Waals surface area contributed by atoms with Gasteiger partial charge in [0.05, 0.1) is 17.7 Å². The molecule has 2 heterocycles. The standard InChI is InChI=1S/C20H20FN3O4/c1-13-11-18(24(2)23-13)22-19(25)12-27-20(26)10-8-14-7-9-17(28-14)15-5-3-4-6-16(15)21/h3-7,9,11H,8,10,12H2,1-2H3,(H,22,25). The summed E-state index contributed by atoms with van der Waals surface area (Å²) in [6, 6.07) is 11.3. The number of aryl methyl sites for hydroxylation is 3. The van der Waals surface area contributed by atoms with E-state index >= 15 is 0 Å². The van der Waals surface area contributed by atoms with Crippen molar-refractivity contribution in [2.45, 2.75) is 19.8 Å². The van der Waals surface area contributed by atoms with E-state index in [1.807, 2.05) is 6.92 Å². The average Bonchev–Trinajstić information content (AvgIpc) is 3.25. The van der Waals surface area contributed by atoms with Crippen LogP contribution in [0.4, 0.5) is 10.2 Å². The number of amides is 1. The number of benzene rings is 1. The van der Waals surface area contributed by atoms with Gasteiger partial charge in [-0.25, -0.2) is 4.39 Å². The number of nitrogens with one attached hydrogen (secondary N) is 1. The van der Waals surface area contributed by atoms with Gasteiger partial charge in [0.2, 0.25) is 0 Å². The summed E-state index contributed by atoms with van der Waals surface area (Å²) in [5, 5.41) is 6.73. The molecule has 3 aromatic rings. The number of carbonyl (C=O) groups excluding carboxylic acids is 2. The quantitative estimate of drug-likeness (QED) is 0.631. The molecule has 7 nitrogen and oxygen atoms in total. The summed E-state index contributed by atoms with van der Waals surface area (Å²) in [6.07, 6.45) is 0.332. The number of halogens is 1. The van der Waals surface area contributed by atoms with Crippen LogP contribution in [0, 0.1) is 12.7 Å². The Morgan fingerprint density at radius 1 is 1.25 bits per heavy atom. The van der Waals surface area contributed by atoms with Gasteiger partial charge in [-0.05, 0) is 31.2 Å². The van der Waals surface area contributed by atoms with Crippen LogP contribution in [0.2, 0.25) is 0 Å². The third-order valence-corrected chi connectivity index (χ3v) is 4.01. The number of hydrogen-bond donors (Lipinski definition) is 1. The van der Waals surface area contributed by atoms with Crippen molar-refractivity contribution in [1.82, 2.24) is 9.78 Å². The van der Waals surface area contributed by atoms with Gasteiger partial charge in [0.1, 0.15) is 23.2 Å². The number of furan rings is 1. The van der Waals surface area contributed by atoms with E-state index in [2.05, 4.69) is 10.4 Å². The van der Waals surface area contributed by atoms with Crippen molar-refractivity contribution < 1.29 is 23.1 Å². The molecular weight excluding hydrogens is 365 g/mol. The second-order valence-electron chi connectivity index (χ2n) is 6.25. The summed E-state index contributed by atoms with van der Waals surface area (Å²) >= 11 is 0. The predicted molar refractivity (Wildman–Crippen MR) is 100.0 cm³/mol. The van der Waals surface area contributed by atoms with Crippen LogP contribution in [0.25, 0.3) is 11.3 Å². The van der Waals surface area contributed by atoms with E-state index < -0.39 is 11.9 Å². The molecule has 2 aromatic heterocycles. The zero-order valence-electron chi connectivity index (χ0n) is 15.6. The molecule has 0 fully saturated rings. The molecule has 0 bridgehead atoms. The number of hydrogen-bond acceptors (Lipinski definition) is 5. The Balaban J connectivity index is 1.45. The lowest BCUT2D eigenvalue weighted by Gasteiger charge is -2.06. The van der Waals surface area contributed by atoms with E-state index in [0.717, 1.165) is 5.69 Å². The second kappa shape index (κ2) is 8.51. The lowest BCUT2D eigenvalue weighted by molar-refractivity contribution is -0.147. The number of anilines is 1. The minimum atomic E-state index is -0.528. The molecule has 1 N–H and O–H groups in total. The minimum absolute atomic E-state index is 0.0440. The number of nitrogens with zero attached hydrogens (tertiary/aromatic N) is 2. The van der Waals surface area contributed by atoms with Crippen molar-refractivity contribution in [3.63, 3.8) is 0 Å². The van der Waals surface area contributed by atoms with Crippen LogP contribution < -0.4 is 5.32 Å². The van der Waals surface area contributed by atoms with Gasteiger partial charge in [-0.1, -0.05) is 12.1 Å². The van der Waals surface area contributed by atoms with E-state index in [0.29, 0.717) is 22.9 Å². The second-order valence-corrected chi connectivity index (χ2v) is 6.25. The molecule has 0 aliphatic carbocycles. The Bertz CT molecular complexity index is 993. The monoisotopic (exact) mass is 385 g/mol. The van der Waals surface area contributed by atoms with Gasteiger partial charge in [-0.3, -0.25) is 14.3 Å². The zero-order chi connectivity index (χ0) is 20.1. The fraction of sp³-hybridized carbons (Fsp3) is 0.250. The third-order valence-electron chi connectivity index (χ3n) is 4.01. The fourth-order valence-corrected chi connectivity index (χ4v) is 2.67. The first-order valence-corrected chi connectivity index (χ1v) is 8.72. The molecule has 146 valence electrons. The predicted octanol–water partition coefficient (Wildman–Crippen LogP) is 3.24. The smallest absolute Gasteiger partial charge is 0.306 e. The van der Waals surface area contributed by atoms with Gasteiger partial charge in [-0.2, -0.15) is 5.10 Å². The summed E-state index contributed by atoms with van der Waals surface area (Å²) in [4.78, 5) is 23.7. The van der Waals surface area contributed by atoms with Crippen molar-refractivity contribution in [1.29, 1.82) is 0 Å². The maximum absolute atomic E-state index is 13.8. The summed E-state index contributed by atoms with van der Waals surface area (Å²) in [5.41, 5.74) is 1.13. The molecule has 28 heavy (non-hydrogen) atoms. The number of rotatable bonds is 7. The maximum Gasteiger partial charge on any atom is 0.306 e. The molecule has 0 aliphatic rings. The van der Waals surface area contributed by atoms with Gasteiger partial charge in [0.25, 0.3) is 5.91 Å². The zero-order valence-corrected chi connectivity index (χ0v) is 15.6. The molecule has 3 rings (SSSR count). The van der Waals surface area contributed by atoms with E-state index in [9.17, 15) is 14.0 Å². The molecule has 0 saturated heterocycles. The summed E-state index contributed by atoms with van der Waals surface area (Å²) in [6.45, 7) is 1.42. The van der Waals surface area contributed by atoms with Crippen molar-refractivity contribution in [3.05, 3.63) is 59.7 Å². The Morgan fingerprint density at radius 2 is 2.04 bits per heavy atom. The van der Waals surface area contributed by atoms with Gasteiger partial charge in [0, 0.05) is 19.5 Å². The maximum atomic E-state index is 13.8. The first-order chi connectivity index (χ1) is 13.4. The average molecular weight is 385 g/mol. The number of esters is 1. The molecule has 0 radical (unpaired) electrons. The molecule has 8 heteroatoms. The van der Waals surface area contributed by atoms with Crippen LogP contribution >= 0.6 is 0 Å². The summed E-state index contributed by atoms with van der Waals surface area (Å²) in [7, 11) is 1.70. The van der Waals surface area contributed by atoms with Crippen molar-refractivity contribution in [2.24, 2.45) is 7.05 Å². The molecule has 0 aliphatic heterocycles. The topological polar surface area (TPSA) is 86.4 Å². The number of aromatic nitrogens is 2. The lowest BCUT2D eigenvalue weighted by atomic mass is 10.1. The Labute approximate surface area is 161 Å². The summed E-state index contributed by atoms with van der Waals surface area (Å²) in [5.74, 6) is 0.0981. The Kier molecular flexibility index (Phi) is 5.88. The van der Waals surface area contributed by atoms with Gasteiger partial charge < -0.3 is 14.5 Å². The highest BCUT2D eigenvalue weighted by Gasteiger charge is 2.13.